The highest BCUT2D eigenvalue weighted by molar-refractivity contribution is 5.77. The van der Waals surface area contributed by atoms with E-state index in [0.717, 1.165) is 36.5 Å². The molecule has 0 aromatic carbocycles. The van der Waals surface area contributed by atoms with E-state index in [-0.39, 0.29) is 18.4 Å². The number of likely N-dealkylation sites (tertiary alicyclic amines) is 1. The summed E-state index contributed by atoms with van der Waals surface area (Å²) in [5.41, 5.74) is 1.83. The molecule has 0 spiro atoms. The molecule has 0 aliphatic carbocycles. The van der Waals surface area contributed by atoms with Crippen molar-refractivity contribution in [1.29, 1.82) is 0 Å². The number of anilines is 1. The first kappa shape index (κ1) is 17.3. The van der Waals surface area contributed by atoms with Gasteiger partial charge in [-0.1, -0.05) is 0 Å². The Hall–Kier alpha value is -2.54. The molecule has 7 nitrogen and oxygen atoms in total. The number of methoxy groups -OCH3 is 1. The number of aromatic nitrogens is 3. The fraction of sp³-hybridized carbons (Fsp3) is 0.444. The Morgan fingerprint density at radius 1 is 1.44 bits per heavy atom. The van der Waals surface area contributed by atoms with E-state index >= 15 is 0 Å². The molecule has 1 amide bonds. The average Bonchev–Trinajstić information content (AvgIpc) is 2.68. The lowest BCUT2D eigenvalue weighted by Crippen LogP contribution is -2.41. The Bertz CT molecular complexity index is 723. The summed E-state index contributed by atoms with van der Waals surface area (Å²) in [5.74, 6) is 1.64. The molecule has 3 rings (SSSR count). The highest BCUT2D eigenvalue weighted by Crippen LogP contribution is 2.28. The molecule has 25 heavy (non-hydrogen) atoms. The van der Waals surface area contributed by atoms with Crippen molar-refractivity contribution in [3.8, 4) is 11.4 Å². The molecule has 7 heteroatoms. The fourth-order valence-corrected chi connectivity index (χ4v) is 3.09. The summed E-state index contributed by atoms with van der Waals surface area (Å²) in [4.78, 5) is 27.4. The number of hydrogen-bond donors (Lipinski definition) is 1. The molecule has 1 atom stereocenters. The summed E-state index contributed by atoms with van der Waals surface area (Å²) >= 11 is 0. The van der Waals surface area contributed by atoms with Crippen molar-refractivity contribution < 1.29 is 9.53 Å². The van der Waals surface area contributed by atoms with Crippen LogP contribution in [0, 0.1) is 0 Å². The Kier molecular flexibility index (Phi) is 5.55. The van der Waals surface area contributed by atoms with Crippen LogP contribution in [0.4, 0.5) is 5.82 Å². The van der Waals surface area contributed by atoms with Crippen molar-refractivity contribution in [3.63, 3.8) is 0 Å². The maximum atomic E-state index is 12.1. The predicted octanol–water partition coefficient (Wildman–Crippen LogP) is 1.93. The van der Waals surface area contributed by atoms with E-state index < -0.39 is 0 Å². The highest BCUT2D eigenvalue weighted by Gasteiger charge is 2.26. The van der Waals surface area contributed by atoms with Gasteiger partial charge in [0.15, 0.2) is 5.82 Å². The third-order valence-electron chi connectivity index (χ3n) is 4.38. The minimum atomic E-state index is 0.0302. The lowest BCUT2D eigenvalue weighted by atomic mass is 9.94. The van der Waals surface area contributed by atoms with Crippen LogP contribution < -0.4 is 5.32 Å². The molecule has 3 heterocycles. The SMILES string of the molecule is CNc1cc([C@H]2CCCN(C(=O)COC)C2)nc(-c2cccnc2)n1. The Morgan fingerprint density at radius 3 is 3.04 bits per heavy atom. The molecule has 0 bridgehead atoms. The van der Waals surface area contributed by atoms with Gasteiger partial charge in [0, 0.05) is 57.2 Å². The molecule has 1 aliphatic heterocycles. The third kappa shape index (κ3) is 4.11. The van der Waals surface area contributed by atoms with E-state index in [2.05, 4.69) is 15.3 Å². The van der Waals surface area contributed by atoms with Crippen LogP contribution in [0.25, 0.3) is 11.4 Å². The van der Waals surface area contributed by atoms with Crippen LogP contribution in [-0.4, -0.2) is 59.6 Å². The van der Waals surface area contributed by atoms with Crippen LogP contribution >= 0.6 is 0 Å². The van der Waals surface area contributed by atoms with Gasteiger partial charge in [0.2, 0.25) is 5.91 Å². The van der Waals surface area contributed by atoms with Crippen LogP contribution in [0.3, 0.4) is 0 Å². The number of ether oxygens (including phenoxy) is 1. The first-order valence-electron chi connectivity index (χ1n) is 8.45. The van der Waals surface area contributed by atoms with E-state index in [1.165, 1.54) is 0 Å². The molecule has 0 saturated carbocycles. The topological polar surface area (TPSA) is 80.2 Å². The standard InChI is InChI=1S/C18H23N5O2/c1-19-16-9-15(21-18(22-16)13-5-3-7-20-10-13)14-6-4-8-23(11-14)17(24)12-25-2/h3,5,7,9-10,14H,4,6,8,11-12H2,1-2H3,(H,19,21,22)/t14-/m0/s1. The van der Waals surface area contributed by atoms with E-state index in [1.54, 1.807) is 19.5 Å². The van der Waals surface area contributed by atoms with Crippen molar-refractivity contribution in [3.05, 3.63) is 36.3 Å². The first-order valence-corrected chi connectivity index (χ1v) is 8.45. The zero-order valence-corrected chi connectivity index (χ0v) is 14.6. The van der Waals surface area contributed by atoms with Crippen molar-refractivity contribution in [1.82, 2.24) is 19.9 Å². The van der Waals surface area contributed by atoms with Crippen LogP contribution in [-0.2, 0) is 9.53 Å². The number of rotatable bonds is 5. The molecule has 1 saturated heterocycles. The molecule has 1 fully saturated rings. The van der Waals surface area contributed by atoms with Crippen molar-refractivity contribution in [2.45, 2.75) is 18.8 Å². The van der Waals surface area contributed by atoms with Crippen LogP contribution in [0.15, 0.2) is 30.6 Å². The van der Waals surface area contributed by atoms with Gasteiger partial charge in [-0.15, -0.1) is 0 Å². The molecular weight excluding hydrogens is 318 g/mol. The fourth-order valence-electron chi connectivity index (χ4n) is 3.09. The minimum absolute atomic E-state index is 0.0302. The van der Waals surface area contributed by atoms with Crippen LogP contribution in [0.1, 0.15) is 24.5 Å². The average molecular weight is 341 g/mol. The summed E-state index contributed by atoms with van der Waals surface area (Å²) in [6, 6.07) is 5.78. The van der Waals surface area contributed by atoms with Gasteiger partial charge in [-0.25, -0.2) is 9.97 Å². The maximum Gasteiger partial charge on any atom is 0.248 e. The molecule has 2 aromatic heterocycles. The van der Waals surface area contributed by atoms with Gasteiger partial charge in [0.05, 0.1) is 5.69 Å². The second-order valence-corrected chi connectivity index (χ2v) is 6.11. The van der Waals surface area contributed by atoms with Crippen molar-refractivity contribution in [2.24, 2.45) is 0 Å². The lowest BCUT2D eigenvalue weighted by Gasteiger charge is -2.32. The number of amides is 1. The van der Waals surface area contributed by atoms with E-state index in [9.17, 15) is 4.79 Å². The smallest absolute Gasteiger partial charge is 0.248 e. The molecular formula is C18H23N5O2. The van der Waals surface area contributed by atoms with E-state index in [0.29, 0.717) is 12.4 Å². The van der Waals surface area contributed by atoms with Gasteiger partial charge < -0.3 is 15.0 Å². The largest absolute Gasteiger partial charge is 0.375 e. The molecule has 0 radical (unpaired) electrons. The zero-order chi connectivity index (χ0) is 17.6. The number of nitrogens with one attached hydrogen (secondary N) is 1. The van der Waals surface area contributed by atoms with Crippen LogP contribution in [0.2, 0.25) is 0 Å². The summed E-state index contributed by atoms with van der Waals surface area (Å²) in [7, 11) is 3.39. The predicted molar refractivity (Wildman–Crippen MR) is 95.2 cm³/mol. The Balaban J connectivity index is 1.87. The molecule has 2 aromatic rings. The second-order valence-electron chi connectivity index (χ2n) is 6.11. The summed E-state index contributed by atoms with van der Waals surface area (Å²) in [5, 5.41) is 3.10. The highest BCUT2D eigenvalue weighted by atomic mass is 16.5. The molecule has 0 unspecified atom stereocenters. The van der Waals surface area contributed by atoms with Gasteiger partial charge in [0.1, 0.15) is 12.4 Å². The van der Waals surface area contributed by atoms with Gasteiger partial charge in [-0.05, 0) is 25.0 Å². The van der Waals surface area contributed by atoms with Crippen molar-refractivity contribution >= 4 is 11.7 Å². The lowest BCUT2D eigenvalue weighted by molar-refractivity contribution is -0.136. The summed E-state index contributed by atoms with van der Waals surface area (Å²) in [6.45, 7) is 1.56. The number of hydrogen-bond acceptors (Lipinski definition) is 6. The van der Waals surface area contributed by atoms with Crippen LogP contribution in [0.5, 0.6) is 0 Å². The molecule has 132 valence electrons. The zero-order valence-electron chi connectivity index (χ0n) is 14.6. The number of nitrogens with zero attached hydrogens (tertiary/aromatic N) is 4. The maximum absolute atomic E-state index is 12.1. The summed E-state index contributed by atoms with van der Waals surface area (Å²) in [6.07, 6.45) is 5.45. The Labute approximate surface area is 147 Å². The normalized spacial score (nSPS) is 17.4. The van der Waals surface area contributed by atoms with Gasteiger partial charge in [-0.2, -0.15) is 0 Å². The first-order chi connectivity index (χ1) is 12.2. The Morgan fingerprint density at radius 2 is 2.32 bits per heavy atom. The molecule has 1 N–H and O–H groups in total. The monoisotopic (exact) mass is 341 g/mol. The number of piperidine rings is 1. The van der Waals surface area contributed by atoms with Gasteiger partial charge >= 0.3 is 0 Å². The van der Waals surface area contributed by atoms with Gasteiger partial charge in [0.25, 0.3) is 0 Å². The third-order valence-corrected chi connectivity index (χ3v) is 4.38. The number of carbonyl (C=O) groups excluding carboxylic acids is 1. The van der Waals surface area contributed by atoms with E-state index in [4.69, 9.17) is 9.72 Å². The second kappa shape index (κ2) is 8.02. The van der Waals surface area contributed by atoms with E-state index in [1.807, 2.05) is 30.1 Å². The quantitative estimate of drug-likeness (QED) is 0.895. The molecule has 1 aliphatic rings. The minimum Gasteiger partial charge on any atom is -0.375 e. The van der Waals surface area contributed by atoms with Crippen molar-refractivity contribution in [2.75, 3.05) is 39.2 Å². The number of carbonyl (C=O) groups is 1. The van der Waals surface area contributed by atoms with Gasteiger partial charge in [-0.3, -0.25) is 9.78 Å². The number of pyridine rings is 1. The summed E-state index contributed by atoms with van der Waals surface area (Å²) < 4.78 is 4.98.